The highest BCUT2D eigenvalue weighted by atomic mass is 35.5. The van der Waals surface area contributed by atoms with E-state index < -0.39 is 0 Å². The van der Waals surface area contributed by atoms with Crippen molar-refractivity contribution in [1.29, 1.82) is 0 Å². The molecule has 0 fully saturated rings. The number of ether oxygens (including phenoxy) is 1. The smallest absolute Gasteiger partial charge is 0.262 e. The van der Waals surface area contributed by atoms with E-state index >= 15 is 0 Å². The van der Waals surface area contributed by atoms with Crippen molar-refractivity contribution in [3.63, 3.8) is 0 Å². The Hall–Kier alpha value is -2.04. The minimum Gasteiger partial charge on any atom is -0.484 e. The Balaban J connectivity index is 1.89. The molecule has 5 heteroatoms. The van der Waals surface area contributed by atoms with Crippen molar-refractivity contribution in [3.05, 3.63) is 58.6 Å². The summed E-state index contributed by atoms with van der Waals surface area (Å²) in [6, 6.07) is 12.7. The zero-order valence-electron chi connectivity index (χ0n) is 11.7. The molecule has 2 aromatic carbocycles. The minimum atomic E-state index is -0.224. The molecule has 0 spiro atoms. The fourth-order valence-corrected chi connectivity index (χ4v) is 2.01. The van der Waals surface area contributed by atoms with E-state index in [1.807, 2.05) is 31.2 Å². The van der Waals surface area contributed by atoms with Gasteiger partial charge >= 0.3 is 0 Å². The first-order valence-corrected chi connectivity index (χ1v) is 6.94. The summed E-state index contributed by atoms with van der Waals surface area (Å²) in [5, 5.41) is 3.30. The van der Waals surface area contributed by atoms with Gasteiger partial charge in [-0.3, -0.25) is 4.79 Å². The van der Waals surface area contributed by atoms with Gasteiger partial charge in [-0.2, -0.15) is 0 Å². The van der Waals surface area contributed by atoms with Gasteiger partial charge in [0.25, 0.3) is 5.91 Å². The Labute approximate surface area is 128 Å². The lowest BCUT2D eigenvalue weighted by molar-refractivity contribution is -0.118. The predicted octanol–water partition coefficient (Wildman–Crippen LogP) is 3.12. The second-order valence-corrected chi connectivity index (χ2v) is 5.07. The quantitative estimate of drug-likeness (QED) is 0.892. The van der Waals surface area contributed by atoms with Crippen LogP contribution in [0.25, 0.3) is 0 Å². The molecule has 4 nitrogen and oxygen atoms in total. The Bertz CT molecular complexity index is 627. The van der Waals surface area contributed by atoms with Gasteiger partial charge in [0.2, 0.25) is 0 Å². The Kier molecular flexibility index (Phi) is 5.20. The Morgan fingerprint density at radius 2 is 1.95 bits per heavy atom. The van der Waals surface area contributed by atoms with Crippen LogP contribution in [0.5, 0.6) is 5.75 Å². The topological polar surface area (TPSA) is 64.3 Å². The lowest BCUT2D eigenvalue weighted by Crippen LogP contribution is -2.20. The summed E-state index contributed by atoms with van der Waals surface area (Å²) in [6.07, 6.45) is 0. The first-order valence-electron chi connectivity index (χ1n) is 6.56. The van der Waals surface area contributed by atoms with Gasteiger partial charge < -0.3 is 15.8 Å². The third-order valence-corrected chi connectivity index (χ3v) is 3.30. The molecule has 0 aliphatic heterocycles. The van der Waals surface area contributed by atoms with Crippen LogP contribution in [-0.4, -0.2) is 12.5 Å². The van der Waals surface area contributed by atoms with E-state index in [4.69, 9.17) is 22.1 Å². The van der Waals surface area contributed by atoms with Crippen LogP contribution in [0, 0.1) is 6.92 Å². The molecular formula is C16H17ClN2O2. The molecule has 2 rings (SSSR count). The van der Waals surface area contributed by atoms with E-state index in [9.17, 15) is 4.79 Å². The van der Waals surface area contributed by atoms with Crippen molar-refractivity contribution in [3.8, 4) is 5.75 Å². The fraction of sp³-hybridized carbons (Fsp3) is 0.188. The molecule has 110 valence electrons. The number of carbonyl (C=O) groups excluding carboxylic acids is 1. The highest BCUT2D eigenvalue weighted by molar-refractivity contribution is 6.31. The van der Waals surface area contributed by atoms with Gasteiger partial charge in [-0.25, -0.2) is 0 Å². The third kappa shape index (κ3) is 4.48. The van der Waals surface area contributed by atoms with Crippen LogP contribution in [0.1, 0.15) is 11.1 Å². The maximum Gasteiger partial charge on any atom is 0.262 e. The molecule has 0 aromatic heterocycles. The van der Waals surface area contributed by atoms with Crippen LogP contribution in [-0.2, 0) is 11.3 Å². The molecule has 0 aliphatic rings. The molecule has 0 heterocycles. The highest BCUT2D eigenvalue weighted by Crippen LogP contribution is 2.22. The van der Waals surface area contributed by atoms with Gasteiger partial charge in [0.1, 0.15) is 5.75 Å². The second kappa shape index (κ2) is 7.11. The van der Waals surface area contributed by atoms with Crippen molar-refractivity contribution in [2.75, 3.05) is 11.9 Å². The number of aryl methyl sites for hydroxylation is 1. The minimum absolute atomic E-state index is 0.0772. The molecule has 2 aromatic rings. The second-order valence-electron chi connectivity index (χ2n) is 4.66. The van der Waals surface area contributed by atoms with Gasteiger partial charge in [-0.1, -0.05) is 35.4 Å². The fourth-order valence-electron chi connectivity index (χ4n) is 1.77. The molecular weight excluding hydrogens is 288 g/mol. The Morgan fingerprint density at radius 1 is 1.24 bits per heavy atom. The molecule has 0 unspecified atom stereocenters. The van der Waals surface area contributed by atoms with Crippen LogP contribution in [0.3, 0.4) is 0 Å². The summed E-state index contributed by atoms with van der Waals surface area (Å²) in [7, 11) is 0. The van der Waals surface area contributed by atoms with Crippen molar-refractivity contribution in [2.45, 2.75) is 13.5 Å². The summed E-state index contributed by atoms with van der Waals surface area (Å²) in [5.41, 5.74) is 8.25. The molecule has 0 bridgehead atoms. The zero-order chi connectivity index (χ0) is 15.2. The van der Waals surface area contributed by atoms with E-state index in [-0.39, 0.29) is 12.5 Å². The third-order valence-electron chi connectivity index (χ3n) is 2.95. The number of halogens is 1. The standard InChI is InChI=1S/C16H17ClN2O2/c1-11-2-5-13(6-3-11)19-16(20)10-21-14-7-4-12(9-18)15(17)8-14/h2-8H,9-10,18H2,1H3,(H,19,20). The number of benzene rings is 2. The van der Waals surface area contributed by atoms with Gasteiger partial charge in [-0.15, -0.1) is 0 Å². The van der Waals surface area contributed by atoms with Gasteiger partial charge in [0.15, 0.2) is 6.61 Å². The monoisotopic (exact) mass is 304 g/mol. The number of nitrogens with one attached hydrogen (secondary N) is 1. The van der Waals surface area contributed by atoms with E-state index in [2.05, 4.69) is 5.32 Å². The van der Waals surface area contributed by atoms with Crippen LogP contribution in [0.15, 0.2) is 42.5 Å². The molecule has 0 saturated carbocycles. The van der Waals surface area contributed by atoms with Crippen LogP contribution in [0.2, 0.25) is 5.02 Å². The lowest BCUT2D eigenvalue weighted by Gasteiger charge is -2.09. The Morgan fingerprint density at radius 3 is 2.57 bits per heavy atom. The van der Waals surface area contributed by atoms with Crippen molar-refractivity contribution in [2.24, 2.45) is 5.73 Å². The van der Waals surface area contributed by atoms with Gasteiger partial charge in [0.05, 0.1) is 0 Å². The number of rotatable bonds is 5. The molecule has 3 N–H and O–H groups in total. The summed E-state index contributed by atoms with van der Waals surface area (Å²) in [4.78, 5) is 11.8. The van der Waals surface area contributed by atoms with Crippen LogP contribution in [0.4, 0.5) is 5.69 Å². The van der Waals surface area contributed by atoms with Crippen LogP contribution < -0.4 is 15.8 Å². The van der Waals surface area contributed by atoms with E-state index in [0.717, 1.165) is 16.8 Å². The normalized spacial score (nSPS) is 10.2. The molecule has 21 heavy (non-hydrogen) atoms. The predicted molar refractivity (Wildman–Crippen MR) is 84.6 cm³/mol. The molecule has 0 saturated heterocycles. The first-order chi connectivity index (χ1) is 10.1. The first kappa shape index (κ1) is 15.4. The van der Waals surface area contributed by atoms with Crippen molar-refractivity contribution >= 4 is 23.2 Å². The van der Waals surface area contributed by atoms with E-state index in [1.165, 1.54) is 0 Å². The summed E-state index contributed by atoms with van der Waals surface area (Å²) >= 11 is 6.03. The molecule has 1 amide bonds. The highest BCUT2D eigenvalue weighted by Gasteiger charge is 2.05. The largest absolute Gasteiger partial charge is 0.484 e. The van der Waals surface area contributed by atoms with Crippen LogP contribution >= 0.6 is 11.6 Å². The zero-order valence-corrected chi connectivity index (χ0v) is 12.5. The average molecular weight is 305 g/mol. The van der Waals surface area contributed by atoms with Gasteiger partial charge in [-0.05, 0) is 36.8 Å². The number of hydrogen-bond acceptors (Lipinski definition) is 3. The maximum atomic E-state index is 11.8. The maximum absolute atomic E-state index is 11.8. The number of hydrogen-bond donors (Lipinski definition) is 2. The van der Waals surface area contributed by atoms with Crippen molar-refractivity contribution < 1.29 is 9.53 Å². The molecule has 0 radical (unpaired) electrons. The number of carbonyl (C=O) groups is 1. The average Bonchev–Trinajstić information content (AvgIpc) is 2.48. The number of anilines is 1. The summed E-state index contributed by atoms with van der Waals surface area (Å²) in [5.74, 6) is 0.314. The van der Waals surface area contributed by atoms with Crippen molar-refractivity contribution in [1.82, 2.24) is 0 Å². The lowest BCUT2D eigenvalue weighted by atomic mass is 10.2. The summed E-state index contributed by atoms with van der Waals surface area (Å²) < 4.78 is 5.41. The van der Waals surface area contributed by atoms with E-state index in [0.29, 0.717) is 17.3 Å². The van der Waals surface area contributed by atoms with E-state index in [1.54, 1.807) is 18.2 Å². The SMILES string of the molecule is Cc1ccc(NC(=O)COc2ccc(CN)c(Cl)c2)cc1. The van der Waals surface area contributed by atoms with Gasteiger partial charge in [0, 0.05) is 17.3 Å². The summed E-state index contributed by atoms with van der Waals surface area (Å²) in [6.45, 7) is 2.28. The number of amides is 1. The number of nitrogens with two attached hydrogens (primary N) is 1. The molecule has 0 atom stereocenters. The molecule has 0 aliphatic carbocycles.